The number of hydrogen-bond donors (Lipinski definition) is 3. The molecule has 11 heteroatoms. The third kappa shape index (κ3) is 4.32. The van der Waals surface area contributed by atoms with Crippen LogP contribution in [0.5, 0.6) is 0 Å². The molecule has 3 aromatic heterocycles. The molecule has 5 rings (SSSR count). The van der Waals surface area contributed by atoms with E-state index in [4.69, 9.17) is 5.73 Å². The number of nitrogens with two attached hydrogens (primary N) is 1. The number of pyridine rings is 1. The summed E-state index contributed by atoms with van der Waals surface area (Å²) in [5, 5.41) is 14.3. The minimum atomic E-state index is -0.658. The zero-order chi connectivity index (χ0) is 24.7. The number of aliphatic hydroxyl groups excluding tert-OH is 1. The number of anilines is 2. The molecule has 0 radical (unpaired) electrons. The van der Waals surface area contributed by atoms with Crippen molar-refractivity contribution in [2.24, 2.45) is 0 Å². The summed E-state index contributed by atoms with van der Waals surface area (Å²) in [5.74, 6) is 0.262. The highest BCUT2D eigenvalue weighted by molar-refractivity contribution is 9.10. The molecular weight excluding hydrogens is 514 g/mol. The lowest BCUT2D eigenvalue weighted by molar-refractivity contribution is -0.137. The number of likely N-dealkylation sites (tertiary alicyclic amines) is 1. The van der Waals surface area contributed by atoms with Crippen molar-refractivity contribution in [1.82, 2.24) is 24.4 Å². The summed E-state index contributed by atoms with van der Waals surface area (Å²) in [6, 6.07) is 10.2. The van der Waals surface area contributed by atoms with Crippen molar-refractivity contribution in [3.63, 3.8) is 0 Å². The number of fused-ring (bicyclic) bond motifs is 3. The van der Waals surface area contributed by atoms with Gasteiger partial charge in [-0.1, -0.05) is 12.1 Å². The van der Waals surface area contributed by atoms with Crippen LogP contribution >= 0.6 is 15.9 Å². The predicted octanol–water partition coefficient (Wildman–Crippen LogP) is 3.01. The van der Waals surface area contributed by atoms with Gasteiger partial charge in [-0.2, -0.15) is 0 Å². The van der Waals surface area contributed by atoms with Gasteiger partial charge in [0, 0.05) is 11.9 Å². The van der Waals surface area contributed by atoms with E-state index in [1.54, 1.807) is 34.6 Å². The Morgan fingerprint density at radius 2 is 2.11 bits per heavy atom. The lowest BCUT2D eigenvalue weighted by Crippen LogP contribution is -2.44. The van der Waals surface area contributed by atoms with Crippen LogP contribution in [0.4, 0.5) is 11.6 Å². The smallest absolute Gasteiger partial charge is 0.248 e. The van der Waals surface area contributed by atoms with Gasteiger partial charge in [0.15, 0.2) is 0 Å². The SMILES string of the molecule is CC(O)c1ccc2c(c1)c1c(N)ncnc1n2CC(=O)N1CCC[C@H]1C(=O)Nc1cccc(Br)n1. The van der Waals surface area contributed by atoms with Crippen molar-refractivity contribution in [2.45, 2.75) is 38.5 Å². The number of nitrogens with zero attached hydrogens (tertiary/aromatic N) is 5. The van der Waals surface area contributed by atoms with Crippen LogP contribution in [0.1, 0.15) is 31.4 Å². The molecule has 1 fully saturated rings. The number of nitrogens with one attached hydrogen (secondary N) is 1. The molecular formula is C24H24BrN7O3. The van der Waals surface area contributed by atoms with Crippen LogP contribution in [0.15, 0.2) is 47.3 Å². The quantitative estimate of drug-likeness (QED) is 0.332. The number of aromatic nitrogens is 4. The Hall–Kier alpha value is -3.57. The molecule has 4 N–H and O–H groups in total. The first-order chi connectivity index (χ1) is 16.8. The largest absolute Gasteiger partial charge is 0.389 e. The highest BCUT2D eigenvalue weighted by atomic mass is 79.9. The van der Waals surface area contributed by atoms with Crippen molar-refractivity contribution >= 4 is 61.3 Å². The van der Waals surface area contributed by atoms with Gasteiger partial charge < -0.3 is 25.6 Å². The number of hydrogen-bond acceptors (Lipinski definition) is 7. The zero-order valence-electron chi connectivity index (χ0n) is 19.0. The maximum atomic E-state index is 13.5. The Morgan fingerprint density at radius 1 is 1.29 bits per heavy atom. The van der Waals surface area contributed by atoms with Crippen LogP contribution < -0.4 is 11.1 Å². The molecule has 0 spiro atoms. The van der Waals surface area contributed by atoms with E-state index < -0.39 is 12.1 Å². The molecule has 4 aromatic rings. The Kier molecular flexibility index (Phi) is 6.12. The topological polar surface area (TPSA) is 139 Å². The van der Waals surface area contributed by atoms with Gasteiger partial charge in [0.1, 0.15) is 40.8 Å². The van der Waals surface area contributed by atoms with E-state index in [1.807, 2.05) is 18.2 Å². The number of rotatable bonds is 5. The van der Waals surface area contributed by atoms with Crippen molar-refractivity contribution < 1.29 is 14.7 Å². The molecule has 10 nitrogen and oxygen atoms in total. The van der Waals surface area contributed by atoms with Crippen molar-refractivity contribution in [2.75, 3.05) is 17.6 Å². The van der Waals surface area contributed by atoms with E-state index in [-0.39, 0.29) is 18.4 Å². The molecule has 1 aliphatic rings. The van der Waals surface area contributed by atoms with Crippen LogP contribution in [0.3, 0.4) is 0 Å². The maximum absolute atomic E-state index is 13.5. The Balaban J connectivity index is 1.46. The molecule has 1 saturated heterocycles. The first kappa shape index (κ1) is 23.2. The van der Waals surface area contributed by atoms with Gasteiger partial charge in [-0.15, -0.1) is 0 Å². The van der Waals surface area contributed by atoms with Crippen LogP contribution in [0, 0.1) is 0 Å². The second kappa shape index (κ2) is 9.23. The second-order valence-electron chi connectivity index (χ2n) is 8.58. The molecule has 180 valence electrons. The number of carbonyl (C=O) groups excluding carboxylic acids is 2. The molecule has 1 aliphatic heterocycles. The average molecular weight is 538 g/mol. The summed E-state index contributed by atoms with van der Waals surface area (Å²) in [7, 11) is 0. The Bertz CT molecular complexity index is 1450. The van der Waals surface area contributed by atoms with E-state index in [0.717, 1.165) is 22.9 Å². The summed E-state index contributed by atoms with van der Waals surface area (Å²) >= 11 is 3.30. The normalized spacial score (nSPS) is 16.7. The Labute approximate surface area is 209 Å². The molecule has 0 aliphatic carbocycles. The fourth-order valence-electron chi connectivity index (χ4n) is 4.63. The van der Waals surface area contributed by atoms with Gasteiger partial charge in [-0.25, -0.2) is 15.0 Å². The monoisotopic (exact) mass is 537 g/mol. The summed E-state index contributed by atoms with van der Waals surface area (Å²) < 4.78 is 2.40. The summed E-state index contributed by atoms with van der Waals surface area (Å²) in [6.07, 6.45) is 2.01. The lowest BCUT2D eigenvalue weighted by atomic mass is 10.1. The standard InChI is InChI=1S/C24H24BrN7O3/c1-13(33)14-7-8-16-15(10-14)21-22(26)27-12-28-23(21)32(16)11-20(34)31-9-3-4-17(31)24(35)30-19-6-2-5-18(25)29-19/h2,5-8,10,12-13,17,33H,3-4,9,11H2,1H3,(H2,26,27,28)(H,29,30,35)/t13?,17-/m0/s1. The predicted molar refractivity (Wildman–Crippen MR) is 135 cm³/mol. The average Bonchev–Trinajstić information content (AvgIpc) is 3.43. The minimum absolute atomic E-state index is 0.0105. The number of nitrogen functional groups attached to an aromatic ring is 1. The fourth-order valence-corrected chi connectivity index (χ4v) is 4.97. The second-order valence-corrected chi connectivity index (χ2v) is 9.39. The van der Waals surface area contributed by atoms with Crippen LogP contribution in [-0.2, 0) is 16.1 Å². The molecule has 0 bridgehead atoms. The Morgan fingerprint density at radius 3 is 2.89 bits per heavy atom. The van der Waals surface area contributed by atoms with E-state index in [2.05, 4.69) is 36.2 Å². The number of amides is 2. The molecule has 4 heterocycles. The number of aliphatic hydroxyl groups is 1. The summed E-state index contributed by atoms with van der Waals surface area (Å²) in [4.78, 5) is 40.8. The first-order valence-electron chi connectivity index (χ1n) is 11.3. The van der Waals surface area contributed by atoms with Gasteiger partial charge in [0.2, 0.25) is 11.8 Å². The van der Waals surface area contributed by atoms with Crippen LogP contribution in [0.25, 0.3) is 21.9 Å². The van der Waals surface area contributed by atoms with E-state index in [9.17, 15) is 14.7 Å². The first-order valence-corrected chi connectivity index (χ1v) is 12.1. The van der Waals surface area contributed by atoms with Crippen molar-refractivity contribution in [1.29, 1.82) is 0 Å². The number of carbonyl (C=O) groups is 2. The zero-order valence-corrected chi connectivity index (χ0v) is 20.6. The third-order valence-electron chi connectivity index (χ3n) is 6.31. The minimum Gasteiger partial charge on any atom is -0.389 e. The van der Waals surface area contributed by atoms with Gasteiger partial charge in [0.25, 0.3) is 0 Å². The number of halogens is 1. The molecule has 35 heavy (non-hydrogen) atoms. The molecule has 0 saturated carbocycles. The van der Waals surface area contributed by atoms with E-state index in [1.165, 1.54) is 6.33 Å². The van der Waals surface area contributed by atoms with Crippen LogP contribution in [-0.4, -0.2) is 53.9 Å². The fraction of sp³-hybridized carbons (Fsp3) is 0.292. The summed E-state index contributed by atoms with van der Waals surface area (Å²) in [6.45, 7) is 2.17. The van der Waals surface area contributed by atoms with Crippen LogP contribution in [0.2, 0.25) is 0 Å². The van der Waals surface area contributed by atoms with E-state index >= 15 is 0 Å². The van der Waals surface area contributed by atoms with Gasteiger partial charge in [-0.3, -0.25) is 9.59 Å². The molecule has 1 aromatic carbocycles. The third-order valence-corrected chi connectivity index (χ3v) is 6.75. The number of benzene rings is 1. The van der Waals surface area contributed by atoms with E-state index in [0.29, 0.717) is 40.2 Å². The van der Waals surface area contributed by atoms with Crippen molar-refractivity contribution in [3.8, 4) is 0 Å². The lowest BCUT2D eigenvalue weighted by Gasteiger charge is -2.24. The van der Waals surface area contributed by atoms with Gasteiger partial charge in [-0.05, 0) is 65.5 Å². The van der Waals surface area contributed by atoms with Crippen molar-refractivity contribution in [3.05, 3.63) is 52.9 Å². The van der Waals surface area contributed by atoms with Gasteiger partial charge in [0.05, 0.1) is 17.0 Å². The highest BCUT2D eigenvalue weighted by Gasteiger charge is 2.34. The maximum Gasteiger partial charge on any atom is 0.248 e. The van der Waals surface area contributed by atoms with Gasteiger partial charge >= 0.3 is 0 Å². The highest BCUT2D eigenvalue weighted by Crippen LogP contribution is 2.33. The summed E-state index contributed by atoms with van der Waals surface area (Å²) in [5.41, 5.74) is 8.18. The molecule has 2 amide bonds. The molecule has 2 atom stereocenters. The molecule has 1 unspecified atom stereocenters.